The number of carboxylic acids is 1. The highest BCUT2D eigenvalue weighted by molar-refractivity contribution is 5.73. The Morgan fingerprint density at radius 3 is 2.59 bits per heavy atom. The number of hydrogen-bond acceptors (Lipinski definition) is 4. The summed E-state index contributed by atoms with van der Waals surface area (Å²) in [5.74, 6) is -0.647. The summed E-state index contributed by atoms with van der Waals surface area (Å²) in [5.41, 5.74) is 0. The maximum absolute atomic E-state index is 11.1. The predicted octanol–water partition coefficient (Wildman–Crippen LogP) is -0.0690. The molecule has 1 fully saturated rings. The average molecular weight is 243 g/mol. The van der Waals surface area contributed by atoms with Crippen molar-refractivity contribution in [2.75, 3.05) is 40.3 Å². The van der Waals surface area contributed by atoms with Crippen LogP contribution in [0.15, 0.2) is 0 Å². The molecule has 1 heterocycles. The van der Waals surface area contributed by atoms with Crippen LogP contribution in [-0.2, 0) is 4.79 Å². The van der Waals surface area contributed by atoms with Crippen molar-refractivity contribution in [3.63, 3.8) is 0 Å². The highest BCUT2D eigenvalue weighted by Gasteiger charge is 2.26. The first kappa shape index (κ1) is 14.4. The van der Waals surface area contributed by atoms with Crippen LogP contribution in [0, 0.1) is 5.92 Å². The minimum absolute atomic E-state index is 0.110. The summed E-state index contributed by atoms with van der Waals surface area (Å²) in [6.07, 6.45) is 0. The minimum Gasteiger partial charge on any atom is -0.480 e. The Morgan fingerprint density at radius 1 is 1.41 bits per heavy atom. The summed E-state index contributed by atoms with van der Waals surface area (Å²) >= 11 is 0. The molecular formula is C12H25N3O2. The molecule has 1 aliphatic rings. The van der Waals surface area contributed by atoms with E-state index < -0.39 is 12.0 Å². The van der Waals surface area contributed by atoms with Crippen molar-refractivity contribution in [3.8, 4) is 0 Å². The van der Waals surface area contributed by atoms with Crippen LogP contribution in [0.25, 0.3) is 0 Å². The number of piperazine rings is 1. The third-order valence-corrected chi connectivity index (χ3v) is 3.49. The predicted molar refractivity (Wildman–Crippen MR) is 68.2 cm³/mol. The van der Waals surface area contributed by atoms with Crippen molar-refractivity contribution in [2.45, 2.75) is 25.9 Å². The first-order chi connectivity index (χ1) is 7.91. The van der Waals surface area contributed by atoms with Crippen LogP contribution in [-0.4, -0.2) is 73.2 Å². The second-order valence-electron chi connectivity index (χ2n) is 5.36. The van der Waals surface area contributed by atoms with Gasteiger partial charge in [-0.15, -0.1) is 0 Å². The Balaban J connectivity index is 2.44. The first-order valence-electron chi connectivity index (χ1n) is 6.26. The first-order valence-corrected chi connectivity index (χ1v) is 6.26. The summed E-state index contributed by atoms with van der Waals surface area (Å²) in [6, 6.07) is -0.0509. The Labute approximate surface area is 104 Å². The third-order valence-electron chi connectivity index (χ3n) is 3.49. The van der Waals surface area contributed by atoms with E-state index in [0.29, 0.717) is 6.04 Å². The smallest absolute Gasteiger partial charge is 0.320 e. The van der Waals surface area contributed by atoms with E-state index in [-0.39, 0.29) is 5.92 Å². The van der Waals surface area contributed by atoms with Crippen LogP contribution in [0.3, 0.4) is 0 Å². The van der Waals surface area contributed by atoms with Gasteiger partial charge in [-0.05, 0) is 20.0 Å². The molecule has 0 radical (unpaired) electrons. The van der Waals surface area contributed by atoms with Crippen LogP contribution in [0.4, 0.5) is 0 Å². The third kappa shape index (κ3) is 4.26. The molecule has 0 aromatic heterocycles. The molecule has 5 heteroatoms. The molecule has 1 rings (SSSR count). The summed E-state index contributed by atoms with van der Waals surface area (Å²) < 4.78 is 0. The quantitative estimate of drug-likeness (QED) is 0.708. The number of hydrogen-bond donors (Lipinski definition) is 2. The van der Waals surface area contributed by atoms with Gasteiger partial charge in [0, 0.05) is 32.2 Å². The SMILES string of the molecule is CC(C)C(NCC1CN(C)CCN1C)C(=O)O. The van der Waals surface area contributed by atoms with E-state index >= 15 is 0 Å². The van der Waals surface area contributed by atoms with Gasteiger partial charge in [-0.25, -0.2) is 0 Å². The molecule has 1 aliphatic heterocycles. The largest absolute Gasteiger partial charge is 0.480 e. The molecule has 0 aliphatic carbocycles. The van der Waals surface area contributed by atoms with Crippen LogP contribution >= 0.6 is 0 Å². The van der Waals surface area contributed by atoms with Gasteiger partial charge < -0.3 is 15.3 Å². The Hall–Kier alpha value is -0.650. The molecule has 2 unspecified atom stereocenters. The van der Waals surface area contributed by atoms with E-state index in [2.05, 4.69) is 29.2 Å². The zero-order valence-corrected chi connectivity index (χ0v) is 11.3. The van der Waals surface area contributed by atoms with Gasteiger partial charge >= 0.3 is 5.97 Å². The maximum Gasteiger partial charge on any atom is 0.320 e. The second kappa shape index (κ2) is 6.33. The highest BCUT2D eigenvalue weighted by atomic mass is 16.4. The summed E-state index contributed by atoms with van der Waals surface area (Å²) in [7, 11) is 4.21. The summed E-state index contributed by atoms with van der Waals surface area (Å²) in [5, 5.41) is 12.3. The molecular weight excluding hydrogens is 218 g/mol. The Morgan fingerprint density at radius 2 is 2.06 bits per heavy atom. The molecule has 5 nitrogen and oxygen atoms in total. The lowest BCUT2D eigenvalue weighted by Crippen LogP contribution is -2.56. The number of nitrogens with one attached hydrogen (secondary N) is 1. The summed E-state index contributed by atoms with van der Waals surface area (Å²) in [6.45, 7) is 7.72. The van der Waals surface area contributed by atoms with Gasteiger partial charge in [-0.2, -0.15) is 0 Å². The monoisotopic (exact) mass is 243 g/mol. The van der Waals surface area contributed by atoms with E-state index in [0.717, 1.165) is 26.2 Å². The zero-order valence-electron chi connectivity index (χ0n) is 11.3. The molecule has 0 saturated carbocycles. The lowest BCUT2D eigenvalue weighted by atomic mass is 10.0. The minimum atomic E-state index is -0.758. The van der Waals surface area contributed by atoms with Crippen molar-refractivity contribution >= 4 is 5.97 Å². The van der Waals surface area contributed by atoms with Crippen LogP contribution in [0.5, 0.6) is 0 Å². The molecule has 0 aromatic carbocycles. The standard InChI is InChI=1S/C12H25N3O2/c1-9(2)11(12(16)17)13-7-10-8-14(3)5-6-15(10)4/h9-11,13H,5-8H2,1-4H3,(H,16,17). The van der Waals surface area contributed by atoms with Crippen molar-refractivity contribution in [2.24, 2.45) is 5.92 Å². The molecule has 0 aromatic rings. The number of aliphatic carboxylic acids is 1. The van der Waals surface area contributed by atoms with E-state index in [9.17, 15) is 4.79 Å². The number of likely N-dealkylation sites (N-methyl/N-ethyl adjacent to an activating group) is 2. The van der Waals surface area contributed by atoms with Gasteiger partial charge in [0.1, 0.15) is 6.04 Å². The van der Waals surface area contributed by atoms with Gasteiger partial charge in [-0.1, -0.05) is 13.8 Å². The van der Waals surface area contributed by atoms with Crippen molar-refractivity contribution < 1.29 is 9.90 Å². The molecule has 0 spiro atoms. The fraction of sp³-hybridized carbons (Fsp3) is 0.917. The molecule has 17 heavy (non-hydrogen) atoms. The van der Waals surface area contributed by atoms with Gasteiger partial charge in [-0.3, -0.25) is 9.69 Å². The van der Waals surface area contributed by atoms with E-state index in [4.69, 9.17) is 5.11 Å². The van der Waals surface area contributed by atoms with Gasteiger partial charge in [0.15, 0.2) is 0 Å². The molecule has 0 bridgehead atoms. The molecule has 1 saturated heterocycles. The average Bonchev–Trinajstić information content (AvgIpc) is 2.22. The molecule has 0 amide bonds. The topological polar surface area (TPSA) is 55.8 Å². The van der Waals surface area contributed by atoms with E-state index in [1.165, 1.54) is 0 Å². The number of carboxylic acid groups (broad SMARTS) is 1. The van der Waals surface area contributed by atoms with Crippen LogP contribution < -0.4 is 5.32 Å². The van der Waals surface area contributed by atoms with Crippen molar-refractivity contribution in [3.05, 3.63) is 0 Å². The normalized spacial score (nSPS) is 25.1. The van der Waals surface area contributed by atoms with Gasteiger partial charge in [0.2, 0.25) is 0 Å². The number of rotatable bonds is 5. The van der Waals surface area contributed by atoms with Gasteiger partial charge in [0.25, 0.3) is 0 Å². The van der Waals surface area contributed by atoms with Gasteiger partial charge in [0.05, 0.1) is 0 Å². The fourth-order valence-corrected chi connectivity index (χ4v) is 2.19. The zero-order chi connectivity index (χ0) is 13.0. The molecule has 2 atom stereocenters. The summed E-state index contributed by atoms with van der Waals surface area (Å²) in [4.78, 5) is 15.7. The Bertz CT molecular complexity index is 258. The highest BCUT2D eigenvalue weighted by Crippen LogP contribution is 2.07. The maximum atomic E-state index is 11.1. The van der Waals surface area contributed by atoms with E-state index in [1.54, 1.807) is 0 Å². The van der Waals surface area contributed by atoms with E-state index in [1.807, 2.05) is 13.8 Å². The van der Waals surface area contributed by atoms with Crippen molar-refractivity contribution in [1.82, 2.24) is 15.1 Å². The Kier molecular flexibility index (Phi) is 5.36. The molecule has 100 valence electrons. The van der Waals surface area contributed by atoms with Crippen molar-refractivity contribution in [1.29, 1.82) is 0 Å². The lowest BCUT2D eigenvalue weighted by molar-refractivity contribution is -0.140. The second-order valence-corrected chi connectivity index (χ2v) is 5.36. The van der Waals surface area contributed by atoms with Crippen LogP contribution in [0.1, 0.15) is 13.8 Å². The lowest BCUT2D eigenvalue weighted by Gasteiger charge is -2.38. The number of nitrogens with zero attached hydrogens (tertiary/aromatic N) is 2. The van der Waals surface area contributed by atoms with Crippen LogP contribution in [0.2, 0.25) is 0 Å². The molecule has 2 N–H and O–H groups in total. The number of carbonyl (C=O) groups is 1. The fourth-order valence-electron chi connectivity index (χ4n) is 2.19.